The molecular formula is C8H17NO. The predicted molar refractivity (Wildman–Crippen MR) is 41.6 cm³/mol. The molecule has 1 unspecified atom stereocenters. The van der Waals surface area contributed by atoms with Crippen LogP contribution in [0.1, 0.15) is 39.0 Å². The minimum atomic E-state index is -0.271. The lowest BCUT2D eigenvalue weighted by molar-refractivity contribution is -0.0795. The minimum Gasteiger partial charge on any atom is -0.361 e. The van der Waals surface area contributed by atoms with Gasteiger partial charge in [-0.3, -0.25) is 0 Å². The Morgan fingerprint density at radius 2 is 2.30 bits per heavy atom. The highest BCUT2D eigenvalue weighted by atomic mass is 16.5. The monoisotopic (exact) mass is 143 g/mol. The number of ether oxygens (including phenoxy) is 1. The highest BCUT2D eigenvalue weighted by Gasteiger charge is 2.26. The van der Waals surface area contributed by atoms with Gasteiger partial charge in [0.25, 0.3) is 0 Å². The second-order valence-electron chi connectivity index (χ2n) is 3.12. The number of nitrogens with two attached hydrogens (primary N) is 1. The van der Waals surface area contributed by atoms with Gasteiger partial charge >= 0.3 is 0 Å². The van der Waals surface area contributed by atoms with Crippen LogP contribution in [-0.2, 0) is 4.74 Å². The summed E-state index contributed by atoms with van der Waals surface area (Å²) in [6, 6.07) is 0. The van der Waals surface area contributed by atoms with E-state index in [2.05, 4.69) is 6.92 Å². The van der Waals surface area contributed by atoms with Crippen molar-refractivity contribution < 1.29 is 4.74 Å². The van der Waals surface area contributed by atoms with Crippen molar-refractivity contribution in [1.29, 1.82) is 0 Å². The first kappa shape index (κ1) is 8.02. The maximum Gasteiger partial charge on any atom is 0.116 e. The van der Waals surface area contributed by atoms with E-state index >= 15 is 0 Å². The summed E-state index contributed by atoms with van der Waals surface area (Å²) in [6.07, 6.45) is 5.59. The van der Waals surface area contributed by atoms with Gasteiger partial charge < -0.3 is 10.5 Å². The Labute approximate surface area is 62.7 Å². The molecule has 1 atom stereocenters. The van der Waals surface area contributed by atoms with Crippen molar-refractivity contribution in [3.63, 3.8) is 0 Å². The topological polar surface area (TPSA) is 35.2 Å². The van der Waals surface area contributed by atoms with Crippen molar-refractivity contribution >= 4 is 0 Å². The zero-order valence-electron chi connectivity index (χ0n) is 6.73. The van der Waals surface area contributed by atoms with E-state index in [1.165, 1.54) is 12.8 Å². The van der Waals surface area contributed by atoms with E-state index in [1.807, 2.05) is 0 Å². The third-order valence-corrected chi connectivity index (χ3v) is 2.06. The summed E-state index contributed by atoms with van der Waals surface area (Å²) in [5, 5.41) is 0. The van der Waals surface area contributed by atoms with E-state index in [4.69, 9.17) is 10.5 Å². The van der Waals surface area contributed by atoms with Crippen LogP contribution in [-0.4, -0.2) is 12.3 Å². The smallest absolute Gasteiger partial charge is 0.116 e. The van der Waals surface area contributed by atoms with Gasteiger partial charge in [0.05, 0.1) is 0 Å². The summed E-state index contributed by atoms with van der Waals surface area (Å²) in [5.41, 5.74) is 5.68. The lowest BCUT2D eigenvalue weighted by Gasteiger charge is -2.33. The fourth-order valence-corrected chi connectivity index (χ4v) is 1.49. The number of rotatable bonds is 2. The van der Waals surface area contributed by atoms with Gasteiger partial charge in [0, 0.05) is 6.61 Å². The standard InChI is InChI=1S/C8H17NO/c1-2-5-8(9)6-3-4-7-10-8/h2-7,9H2,1H3. The number of hydrogen-bond acceptors (Lipinski definition) is 2. The second kappa shape index (κ2) is 3.35. The molecule has 0 aromatic heterocycles. The zero-order chi connectivity index (χ0) is 7.45. The Morgan fingerprint density at radius 1 is 1.50 bits per heavy atom. The molecule has 10 heavy (non-hydrogen) atoms. The van der Waals surface area contributed by atoms with Gasteiger partial charge in [-0.25, -0.2) is 0 Å². The van der Waals surface area contributed by atoms with Crippen molar-refractivity contribution in [2.45, 2.75) is 44.8 Å². The molecule has 1 rings (SSSR count). The Morgan fingerprint density at radius 3 is 2.80 bits per heavy atom. The fraction of sp³-hybridized carbons (Fsp3) is 1.00. The molecule has 0 aliphatic carbocycles. The third kappa shape index (κ3) is 1.96. The Bertz CT molecular complexity index is 91.9. The first-order chi connectivity index (χ1) is 4.77. The van der Waals surface area contributed by atoms with Gasteiger partial charge in [-0.05, 0) is 25.7 Å². The molecular weight excluding hydrogens is 126 g/mol. The molecule has 0 aromatic rings. The molecule has 1 heterocycles. The summed E-state index contributed by atoms with van der Waals surface area (Å²) in [5.74, 6) is 0. The minimum absolute atomic E-state index is 0.271. The first-order valence-electron chi connectivity index (χ1n) is 4.20. The van der Waals surface area contributed by atoms with Crippen LogP contribution in [0.5, 0.6) is 0 Å². The van der Waals surface area contributed by atoms with Crippen LogP contribution >= 0.6 is 0 Å². The van der Waals surface area contributed by atoms with Gasteiger partial charge in [-0.15, -0.1) is 0 Å². The van der Waals surface area contributed by atoms with Crippen molar-refractivity contribution in [2.24, 2.45) is 5.73 Å². The summed E-state index contributed by atoms with van der Waals surface area (Å²) in [7, 11) is 0. The molecule has 0 amide bonds. The Kier molecular flexibility index (Phi) is 2.69. The third-order valence-electron chi connectivity index (χ3n) is 2.06. The Hall–Kier alpha value is -0.0800. The maximum absolute atomic E-state index is 5.95. The molecule has 1 aliphatic heterocycles. The first-order valence-corrected chi connectivity index (χ1v) is 4.20. The van der Waals surface area contributed by atoms with Crippen LogP contribution in [0.15, 0.2) is 0 Å². The van der Waals surface area contributed by atoms with Crippen molar-refractivity contribution in [3.05, 3.63) is 0 Å². The summed E-state index contributed by atoms with van der Waals surface area (Å²) in [4.78, 5) is 0. The van der Waals surface area contributed by atoms with E-state index < -0.39 is 0 Å². The van der Waals surface area contributed by atoms with E-state index in [0.29, 0.717) is 0 Å². The SMILES string of the molecule is CCCC1(N)CCCCO1. The summed E-state index contributed by atoms with van der Waals surface area (Å²) < 4.78 is 5.48. The molecule has 1 fully saturated rings. The highest BCUT2D eigenvalue weighted by molar-refractivity contribution is 4.75. The van der Waals surface area contributed by atoms with E-state index in [9.17, 15) is 0 Å². The molecule has 0 saturated carbocycles. The molecule has 60 valence electrons. The molecule has 2 heteroatoms. The average molecular weight is 143 g/mol. The summed E-state index contributed by atoms with van der Waals surface area (Å²) >= 11 is 0. The number of hydrogen-bond donors (Lipinski definition) is 1. The highest BCUT2D eigenvalue weighted by Crippen LogP contribution is 2.23. The van der Waals surface area contributed by atoms with Gasteiger partial charge in [-0.1, -0.05) is 13.3 Å². The predicted octanol–water partition coefficient (Wildman–Crippen LogP) is 1.64. The van der Waals surface area contributed by atoms with Crippen LogP contribution < -0.4 is 5.73 Å². The Balaban J connectivity index is 2.32. The molecule has 1 saturated heterocycles. The quantitative estimate of drug-likeness (QED) is 0.637. The normalized spacial score (nSPS) is 34.2. The van der Waals surface area contributed by atoms with Gasteiger partial charge in [0.2, 0.25) is 0 Å². The lowest BCUT2D eigenvalue weighted by Crippen LogP contribution is -2.45. The van der Waals surface area contributed by atoms with E-state index in [1.54, 1.807) is 0 Å². The maximum atomic E-state index is 5.95. The molecule has 0 radical (unpaired) electrons. The van der Waals surface area contributed by atoms with Crippen LogP contribution in [0, 0.1) is 0 Å². The van der Waals surface area contributed by atoms with Crippen molar-refractivity contribution in [3.8, 4) is 0 Å². The van der Waals surface area contributed by atoms with E-state index in [0.717, 1.165) is 25.9 Å². The van der Waals surface area contributed by atoms with Gasteiger partial charge in [0.15, 0.2) is 0 Å². The molecule has 2 nitrogen and oxygen atoms in total. The second-order valence-corrected chi connectivity index (χ2v) is 3.12. The van der Waals surface area contributed by atoms with E-state index in [-0.39, 0.29) is 5.72 Å². The molecule has 0 aromatic carbocycles. The van der Waals surface area contributed by atoms with Gasteiger partial charge in [-0.2, -0.15) is 0 Å². The lowest BCUT2D eigenvalue weighted by atomic mass is 9.99. The van der Waals surface area contributed by atoms with Crippen LogP contribution in [0.4, 0.5) is 0 Å². The van der Waals surface area contributed by atoms with Crippen LogP contribution in [0.25, 0.3) is 0 Å². The van der Waals surface area contributed by atoms with Crippen molar-refractivity contribution in [2.75, 3.05) is 6.61 Å². The molecule has 2 N–H and O–H groups in total. The molecule has 0 spiro atoms. The van der Waals surface area contributed by atoms with Crippen LogP contribution in [0.2, 0.25) is 0 Å². The van der Waals surface area contributed by atoms with Crippen LogP contribution in [0.3, 0.4) is 0 Å². The van der Waals surface area contributed by atoms with Crippen molar-refractivity contribution in [1.82, 2.24) is 0 Å². The zero-order valence-corrected chi connectivity index (χ0v) is 6.73. The summed E-state index contributed by atoms with van der Waals surface area (Å²) in [6.45, 7) is 3.00. The fourth-order valence-electron chi connectivity index (χ4n) is 1.49. The average Bonchev–Trinajstić information content (AvgIpc) is 1.89. The molecule has 0 bridgehead atoms. The molecule has 1 aliphatic rings. The largest absolute Gasteiger partial charge is 0.361 e. The van der Waals surface area contributed by atoms with Gasteiger partial charge in [0.1, 0.15) is 5.72 Å².